The molecule has 1 aliphatic heterocycles. The molecule has 1 fully saturated rings. The normalized spacial score (nSPS) is 16.1. The number of likely N-dealkylation sites (tertiary alicyclic amines) is 1. The minimum absolute atomic E-state index is 0.0191. The summed E-state index contributed by atoms with van der Waals surface area (Å²) in [5.41, 5.74) is 0. The van der Waals surface area contributed by atoms with E-state index in [0.29, 0.717) is 51.8 Å². The number of β-amino-alcohol motifs (C(OH)–C–C–N with tert-alkyl or cyclic N) is 1. The Balaban J connectivity index is 2.21. The highest BCUT2D eigenvalue weighted by atomic mass is 16.5. The molecule has 0 aromatic heterocycles. The molecule has 0 amide bonds. The number of ether oxygens (including phenoxy) is 3. The van der Waals surface area contributed by atoms with Crippen LogP contribution in [0, 0.1) is 0 Å². The van der Waals surface area contributed by atoms with Crippen molar-refractivity contribution in [3.63, 3.8) is 0 Å². The standard InChI is InChI=1S/C44H83NO7/c1-4-7-10-13-16-17-18-21-28-35-50-42(47)32-25-22-27-34-45-38-39(46)37-41(45)44(49)51-36-29-26-33-43(48)52-40(30-23-19-14-11-8-5-2)31-24-20-15-12-9-6-3/h39-41,46H,4-38H2,1-3H3/t39-,41-/m0/s1. The second-order valence-electron chi connectivity index (χ2n) is 15.6. The number of nitrogens with zero attached hydrogens (tertiary/aromatic N) is 1. The van der Waals surface area contributed by atoms with Crippen LogP contribution in [0.3, 0.4) is 0 Å². The first-order valence-electron chi connectivity index (χ1n) is 22.3. The van der Waals surface area contributed by atoms with E-state index >= 15 is 0 Å². The van der Waals surface area contributed by atoms with Crippen LogP contribution in [0.25, 0.3) is 0 Å². The highest BCUT2D eigenvalue weighted by Gasteiger charge is 2.36. The van der Waals surface area contributed by atoms with Crippen molar-refractivity contribution in [1.29, 1.82) is 0 Å². The van der Waals surface area contributed by atoms with Gasteiger partial charge in [-0.25, -0.2) is 0 Å². The number of unbranched alkanes of at least 4 members (excludes halogenated alkanes) is 21. The smallest absolute Gasteiger partial charge is 0.323 e. The number of carbonyl (C=O) groups excluding carboxylic acids is 3. The minimum atomic E-state index is -0.538. The van der Waals surface area contributed by atoms with Crippen molar-refractivity contribution in [2.75, 3.05) is 26.3 Å². The van der Waals surface area contributed by atoms with Gasteiger partial charge in [0.1, 0.15) is 12.1 Å². The summed E-state index contributed by atoms with van der Waals surface area (Å²) in [7, 11) is 0. The summed E-state index contributed by atoms with van der Waals surface area (Å²) < 4.78 is 17.0. The van der Waals surface area contributed by atoms with Crippen LogP contribution in [-0.4, -0.2) is 72.5 Å². The number of esters is 3. The Morgan fingerprint density at radius 1 is 0.558 bits per heavy atom. The zero-order valence-corrected chi connectivity index (χ0v) is 34.3. The maximum Gasteiger partial charge on any atom is 0.323 e. The highest BCUT2D eigenvalue weighted by Crippen LogP contribution is 2.21. The van der Waals surface area contributed by atoms with Crippen LogP contribution < -0.4 is 0 Å². The fourth-order valence-corrected chi connectivity index (χ4v) is 7.26. The van der Waals surface area contributed by atoms with Crippen LogP contribution in [0.1, 0.15) is 220 Å². The summed E-state index contributed by atoms with van der Waals surface area (Å²) >= 11 is 0. The van der Waals surface area contributed by atoms with E-state index in [4.69, 9.17) is 14.2 Å². The zero-order chi connectivity index (χ0) is 37.9. The average molecular weight is 738 g/mol. The van der Waals surface area contributed by atoms with E-state index < -0.39 is 12.1 Å². The quantitative estimate of drug-likeness (QED) is 0.0382. The van der Waals surface area contributed by atoms with E-state index in [2.05, 4.69) is 20.8 Å². The van der Waals surface area contributed by atoms with Gasteiger partial charge in [0, 0.05) is 25.8 Å². The van der Waals surface area contributed by atoms with Gasteiger partial charge in [-0.2, -0.15) is 0 Å². The van der Waals surface area contributed by atoms with E-state index in [0.717, 1.165) is 57.8 Å². The van der Waals surface area contributed by atoms with Crippen LogP contribution in [0.4, 0.5) is 0 Å². The minimum Gasteiger partial charge on any atom is -0.466 e. The maximum atomic E-state index is 12.9. The summed E-state index contributed by atoms with van der Waals surface area (Å²) in [6, 6.07) is -0.439. The van der Waals surface area contributed by atoms with E-state index in [1.807, 2.05) is 4.90 Å². The molecule has 0 unspecified atom stereocenters. The Labute approximate surface area is 320 Å². The number of hydrogen-bond acceptors (Lipinski definition) is 8. The van der Waals surface area contributed by atoms with Crippen LogP contribution in [0.2, 0.25) is 0 Å². The largest absolute Gasteiger partial charge is 0.466 e. The Bertz CT molecular complexity index is 836. The van der Waals surface area contributed by atoms with Gasteiger partial charge in [-0.3, -0.25) is 19.3 Å². The van der Waals surface area contributed by atoms with Crippen LogP contribution in [0.15, 0.2) is 0 Å². The van der Waals surface area contributed by atoms with Crippen molar-refractivity contribution < 1.29 is 33.7 Å². The van der Waals surface area contributed by atoms with Crippen LogP contribution in [0.5, 0.6) is 0 Å². The molecule has 1 aliphatic rings. The van der Waals surface area contributed by atoms with Gasteiger partial charge >= 0.3 is 17.9 Å². The monoisotopic (exact) mass is 738 g/mol. The molecule has 8 heteroatoms. The summed E-state index contributed by atoms with van der Waals surface area (Å²) in [6.07, 6.45) is 32.4. The number of aliphatic hydroxyl groups is 1. The lowest BCUT2D eigenvalue weighted by Gasteiger charge is -2.22. The van der Waals surface area contributed by atoms with E-state index in [1.54, 1.807) is 0 Å². The zero-order valence-electron chi connectivity index (χ0n) is 34.3. The van der Waals surface area contributed by atoms with E-state index in [9.17, 15) is 19.5 Å². The van der Waals surface area contributed by atoms with Crippen LogP contribution >= 0.6 is 0 Å². The molecule has 0 aromatic rings. The van der Waals surface area contributed by atoms with Gasteiger partial charge in [-0.1, -0.05) is 143 Å². The molecule has 0 aliphatic carbocycles. The molecule has 0 spiro atoms. The second-order valence-corrected chi connectivity index (χ2v) is 15.6. The molecular formula is C44H83NO7. The number of hydrogen-bond donors (Lipinski definition) is 1. The van der Waals surface area contributed by atoms with E-state index in [1.165, 1.54) is 109 Å². The summed E-state index contributed by atoms with van der Waals surface area (Å²) in [5, 5.41) is 10.3. The Kier molecular flexibility index (Phi) is 32.6. The fourth-order valence-electron chi connectivity index (χ4n) is 7.26. The molecular weight excluding hydrogens is 654 g/mol. The van der Waals surface area contributed by atoms with Crippen molar-refractivity contribution in [2.45, 2.75) is 238 Å². The van der Waals surface area contributed by atoms with E-state index in [-0.39, 0.29) is 30.6 Å². The molecule has 1 saturated heterocycles. The average Bonchev–Trinajstić information content (AvgIpc) is 3.51. The van der Waals surface area contributed by atoms with Gasteiger partial charge < -0.3 is 19.3 Å². The van der Waals surface area contributed by atoms with Crippen molar-refractivity contribution >= 4 is 17.9 Å². The topological polar surface area (TPSA) is 102 Å². The predicted octanol–water partition coefficient (Wildman–Crippen LogP) is 11.2. The molecule has 8 nitrogen and oxygen atoms in total. The molecule has 0 aromatic carbocycles. The molecule has 306 valence electrons. The van der Waals surface area contributed by atoms with Crippen molar-refractivity contribution in [3.05, 3.63) is 0 Å². The third kappa shape index (κ3) is 27.9. The van der Waals surface area contributed by atoms with Gasteiger partial charge in [-0.05, 0) is 64.3 Å². The molecule has 52 heavy (non-hydrogen) atoms. The Hall–Kier alpha value is -1.67. The lowest BCUT2D eigenvalue weighted by Crippen LogP contribution is -2.38. The van der Waals surface area contributed by atoms with Gasteiger partial charge in [0.2, 0.25) is 0 Å². The first-order valence-corrected chi connectivity index (χ1v) is 22.3. The Morgan fingerprint density at radius 2 is 1.00 bits per heavy atom. The lowest BCUT2D eigenvalue weighted by atomic mass is 10.0. The SMILES string of the molecule is CCCCCCCCCCCOC(=O)CCCCCN1C[C@@H](O)C[C@H]1C(=O)OCCCCC(=O)OC(CCCCCCCC)CCCCCCCC. The molecule has 0 radical (unpaired) electrons. The highest BCUT2D eigenvalue weighted by molar-refractivity contribution is 5.76. The maximum absolute atomic E-state index is 12.9. The Morgan fingerprint density at radius 3 is 1.58 bits per heavy atom. The summed E-state index contributed by atoms with van der Waals surface area (Å²) in [5.74, 6) is -0.547. The first kappa shape index (κ1) is 48.3. The van der Waals surface area contributed by atoms with Gasteiger partial charge in [0.25, 0.3) is 0 Å². The number of carbonyl (C=O) groups is 3. The molecule has 2 atom stereocenters. The number of aliphatic hydroxyl groups excluding tert-OH is 1. The van der Waals surface area contributed by atoms with Gasteiger partial charge in [-0.15, -0.1) is 0 Å². The summed E-state index contributed by atoms with van der Waals surface area (Å²) in [6.45, 7) is 8.66. The molecule has 0 bridgehead atoms. The molecule has 1 heterocycles. The van der Waals surface area contributed by atoms with Gasteiger partial charge in [0.15, 0.2) is 0 Å². The van der Waals surface area contributed by atoms with Crippen molar-refractivity contribution in [2.24, 2.45) is 0 Å². The van der Waals surface area contributed by atoms with Crippen molar-refractivity contribution in [3.8, 4) is 0 Å². The van der Waals surface area contributed by atoms with Gasteiger partial charge in [0.05, 0.1) is 19.3 Å². The second kappa shape index (κ2) is 35.1. The summed E-state index contributed by atoms with van der Waals surface area (Å²) in [4.78, 5) is 39.7. The fraction of sp³-hybridized carbons (Fsp3) is 0.932. The van der Waals surface area contributed by atoms with Crippen molar-refractivity contribution in [1.82, 2.24) is 4.90 Å². The lowest BCUT2D eigenvalue weighted by molar-refractivity contribution is -0.150. The molecule has 1 rings (SSSR count). The third-order valence-electron chi connectivity index (χ3n) is 10.6. The number of rotatable bonds is 37. The molecule has 1 N–H and O–H groups in total. The first-order chi connectivity index (χ1) is 25.4. The predicted molar refractivity (Wildman–Crippen MR) is 213 cm³/mol. The molecule has 0 saturated carbocycles. The third-order valence-corrected chi connectivity index (χ3v) is 10.6. The van der Waals surface area contributed by atoms with Crippen LogP contribution in [-0.2, 0) is 28.6 Å².